The van der Waals surface area contributed by atoms with E-state index in [4.69, 9.17) is 4.74 Å². The maximum atomic E-state index is 12.5. The molecule has 0 aliphatic carbocycles. The molecule has 0 aliphatic heterocycles. The third kappa shape index (κ3) is 67.6. The molecule has 0 aliphatic rings. The number of aliphatic hydroxyl groups excluding tert-OH is 2. The molecule has 81 heavy (non-hydrogen) atoms. The quantitative estimate of drug-likeness (QED) is 0.0320. The molecule has 0 bridgehead atoms. The lowest BCUT2D eigenvalue weighted by atomic mass is 10.0. The molecular weight excluding hydrogens is 995 g/mol. The third-order valence-electron chi connectivity index (χ3n) is 17.8. The molecule has 2 atom stereocenters. The van der Waals surface area contributed by atoms with Crippen molar-refractivity contribution in [2.45, 2.75) is 443 Å². The lowest BCUT2D eigenvalue weighted by molar-refractivity contribution is -0.143. The van der Waals surface area contributed by atoms with Crippen LogP contribution in [0.5, 0.6) is 0 Å². The summed E-state index contributed by atoms with van der Waals surface area (Å²) in [5, 5.41) is 23.3. The van der Waals surface area contributed by atoms with Crippen LogP contribution in [0.4, 0.5) is 0 Å². The molecular formula is C75H147NO5. The van der Waals surface area contributed by atoms with Gasteiger partial charge in [-0.25, -0.2) is 0 Å². The number of carbonyl (C=O) groups excluding carboxylic acids is 2. The van der Waals surface area contributed by atoms with E-state index in [0.29, 0.717) is 19.4 Å². The van der Waals surface area contributed by atoms with Crippen LogP contribution < -0.4 is 5.32 Å². The Morgan fingerprint density at radius 2 is 0.568 bits per heavy atom. The summed E-state index contributed by atoms with van der Waals surface area (Å²) >= 11 is 0. The van der Waals surface area contributed by atoms with Crippen molar-refractivity contribution in [2.24, 2.45) is 0 Å². The SMILES string of the molecule is CCCCCCCCCCCCCCCCCCCCCC/C=C/C(O)C(CO)NC(=O)CCCCCCCCCCCCCCCCCCCCCCCCCCCCCCOC(=O)CCCCCCCCCCCCCCCC. The van der Waals surface area contributed by atoms with Crippen molar-refractivity contribution in [3.8, 4) is 0 Å². The fraction of sp³-hybridized carbons (Fsp3) is 0.947. The molecule has 2 unspecified atom stereocenters. The summed E-state index contributed by atoms with van der Waals surface area (Å²) in [4.78, 5) is 24.6. The van der Waals surface area contributed by atoms with Crippen molar-refractivity contribution in [1.82, 2.24) is 5.32 Å². The number of esters is 1. The zero-order valence-corrected chi connectivity index (χ0v) is 55.3. The first-order valence-electron chi connectivity index (χ1n) is 37.5. The number of ether oxygens (including phenoxy) is 1. The molecule has 0 aromatic heterocycles. The Hall–Kier alpha value is -1.40. The van der Waals surface area contributed by atoms with E-state index < -0.39 is 12.1 Å². The van der Waals surface area contributed by atoms with Gasteiger partial charge in [0.25, 0.3) is 0 Å². The normalized spacial score (nSPS) is 12.5. The van der Waals surface area contributed by atoms with Crippen LogP contribution in [0.1, 0.15) is 431 Å². The van der Waals surface area contributed by atoms with E-state index in [0.717, 1.165) is 38.5 Å². The van der Waals surface area contributed by atoms with E-state index in [-0.39, 0.29) is 18.5 Å². The minimum atomic E-state index is -0.843. The molecule has 482 valence electrons. The van der Waals surface area contributed by atoms with Crippen molar-refractivity contribution in [2.75, 3.05) is 13.2 Å². The predicted octanol–water partition coefficient (Wildman–Crippen LogP) is 24.3. The van der Waals surface area contributed by atoms with Gasteiger partial charge in [0.05, 0.1) is 25.4 Å². The number of hydrogen-bond acceptors (Lipinski definition) is 5. The van der Waals surface area contributed by atoms with Crippen LogP contribution in [0.25, 0.3) is 0 Å². The van der Waals surface area contributed by atoms with Gasteiger partial charge < -0.3 is 20.3 Å². The number of amides is 1. The highest BCUT2D eigenvalue weighted by molar-refractivity contribution is 5.76. The largest absolute Gasteiger partial charge is 0.466 e. The summed E-state index contributed by atoms with van der Waals surface area (Å²) in [6.07, 6.45) is 88.8. The highest BCUT2D eigenvalue weighted by Gasteiger charge is 2.18. The zero-order valence-electron chi connectivity index (χ0n) is 55.3. The molecule has 0 heterocycles. The first-order chi connectivity index (χ1) is 40.0. The van der Waals surface area contributed by atoms with Gasteiger partial charge in [-0.2, -0.15) is 0 Å². The van der Waals surface area contributed by atoms with Gasteiger partial charge in [0, 0.05) is 12.8 Å². The lowest BCUT2D eigenvalue weighted by Gasteiger charge is -2.20. The summed E-state index contributed by atoms with van der Waals surface area (Å²) < 4.78 is 5.50. The van der Waals surface area contributed by atoms with E-state index in [1.165, 1.54) is 366 Å². The van der Waals surface area contributed by atoms with E-state index >= 15 is 0 Å². The minimum absolute atomic E-state index is 0.0219. The molecule has 0 saturated carbocycles. The van der Waals surface area contributed by atoms with Crippen molar-refractivity contribution in [1.29, 1.82) is 0 Å². The molecule has 0 spiro atoms. The van der Waals surface area contributed by atoms with Gasteiger partial charge in [-0.1, -0.05) is 398 Å². The molecule has 0 saturated heterocycles. The maximum Gasteiger partial charge on any atom is 0.305 e. The third-order valence-corrected chi connectivity index (χ3v) is 17.8. The van der Waals surface area contributed by atoms with Crippen LogP contribution in [0.3, 0.4) is 0 Å². The summed E-state index contributed by atoms with van der Waals surface area (Å²) in [6, 6.07) is -0.626. The second-order valence-electron chi connectivity index (χ2n) is 26.0. The molecule has 6 nitrogen and oxygen atoms in total. The number of hydrogen-bond donors (Lipinski definition) is 3. The second kappa shape index (κ2) is 71.1. The fourth-order valence-corrected chi connectivity index (χ4v) is 12.1. The summed E-state index contributed by atoms with van der Waals surface area (Å²) in [6.45, 7) is 4.96. The van der Waals surface area contributed by atoms with Crippen LogP contribution in [-0.2, 0) is 14.3 Å². The summed E-state index contributed by atoms with van der Waals surface area (Å²) in [5.41, 5.74) is 0. The van der Waals surface area contributed by atoms with Crippen LogP contribution >= 0.6 is 0 Å². The topological polar surface area (TPSA) is 95.9 Å². The molecule has 3 N–H and O–H groups in total. The van der Waals surface area contributed by atoms with Crippen molar-refractivity contribution in [3.63, 3.8) is 0 Å². The Morgan fingerprint density at radius 1 is 0.333 bits per heavy atom. The van der Waals surface area contributed by atoms with Gasteiger partial charge >= 0.3 is 5.97 Å². The monoisotopic (exact) mass is 1140 g/mol. The van der Waals surface area contributed by atoms with E-state index in [9.17, 15) is 19.8 Å². The van der Waals surface area contributed by atoms with E-state index in [1.807, 2.05) is 6.08 Å². The molecule has 0 aromatic rings. The van der Waals surface area contributed by atoms with E-state index in [1.54, 1.807) is 6.08 Å². The predicted molar refractivity (Wildman–Crippen MR) is 357 cm³/mol. The van der Waals surface area contributed by atoms with Gasteiger partial charge in [-0.05, 0) is 32.1 Å². The van der Waals surface area contributed by atoms with Crippen LogP contribution in [-0.4, -0.2) is 47.4 Å². The number of carbonyl (C=O) groups is 2. The average Bonchev–Trinajstić information content (AvgIpc) is 3.47. The highest BCUT2D eigenvalue weighted by Crippen LogP contribution is 2.20. The van der Waals surface area contributed by atoms with Crippen LogP contribution in [0.2, 0.25) is 0 Å². The molecule has 0 rings (SSSR count). The van der Waals surface area contributed by atoms with Gasteiger partial charge in [0.1, 0.15) is 0 Å². The number of aliphatic hydroxyl groups is 2. The average molecular weight is 1140 g/mol. The summed E-state index contributed by atoms with van der Waals surface area (Å²) in [7, 11) is 0. The van der Waals surface area contributed by atoms with Crippen molar-refractivity contribution >= 4 is 11.9 Å². The van der Waals surface area contributed by atoms with Crippen molar-refractivity contribution < 1.29 is 24.5 Å². The smallest absolute Gasteiger partial charge is 0.305 e. The van der Waals surface area contributed by atoms with Crippen molar-refractivity contribution in [3.05, 3.63) is 12.2 Å². The lowest BCUT2D eigenvalue weighted by Crippen LogP contribution is -2.45. The number of rotatable bonds is 71. The molecule has 1 amide bonds. The molecule has 6 heteroatoms. The standard InChI is InChI=1S/C75H147NO5/c1-3-5-7-9-11-13-15-17-19-20-21-22-31-34-37-40-43-47-51-55-59-63-67-73(78)72(71-77)76-74(79)68-64-60-56-52-48-44-41-38-35-32-29-27-25-23-24-26-28-30-33-36-39-42-46-50-54-58-62-66-70-81-75(80)69-65-61-57-53-49-45-18-16-14-12-10-8-6-4-2/h63,67,72-73,77-78H,3-62,64-66,68-71H2,1-2H3,(H,76,79)/b67-63+. The Labute approximate surface area is 508 Å². The Morgan fingerprint density at radius 3 is 0.840 bits per heavy atom. The van der Waals surface area contributed by atoms with Gasteiger partial charge in [0.15, 0.2) is 0 Å². The second-order valence-corrected chi connectivity index (χ2v) is 26.0. The first-order valence-corrected chi connectivity index (χ1v) is 37.5. The van der Waals surface area contributed by atoms with Crippen LogP contribution in [0.15, 0.2) is 12.2 Å². The molecule has 0 radical (unpaired) electrons. The zero-order chi connectivity index (χ0) is 58.5. The number of allylic oxidation sites excluding steroid dienone is 1. The Kier molecular flexibility index (Phi) is 69.9. The molecule has 0 aromatic carbocycles. The minimum Gasteiger partial charge on any atom is -0.466 e. The van der Waals surface area contributed by atoms with Gasteiger partial charge in [0.2, 0.25) is 5.91 Å². The fourth-order valence-electron chi connectivity index (χ4n) is 12.1. The van der Waals surface area contributed by atoms with Crippen LogP contribution in [0, 0.1) is 0 Å². The van der Waals surface area contributed by atoms with Gasteiger partial charge in [-0.3, -0.25) is 9.59 Å². The van der Waals surface area contributed by atoms with E-state index in [2.05, 4.69) is 19.2 Å². The molecule has 0 fully saturated rings. The number of unbranched alkanes of at least 4 members (excludes halogenated alkanes) is 60. The first kappa shape index (κ1) is 79.6. The highest BCUT2D eigenvalue weighted by atomic mass is 16.5. The number of nitrogens with one attached hydrogen (secondary N) is 1. The summed E-state index contributed by atoms with van der Waals surface area (Å²) in [5.74, 6) is -0.0378. The Bertz CT molecular complexity index is 1220. The maximum absolute atomic E-state index is 12.5. The Balaban J connectivity index is 3.36. The van der Waals surface area contributed by atoms with Gasteiger partial charge in [-0.15, -0.1) is 0 Å².